The Morgan fingerprint density at radius 1 is 1.25 bits per heavy atom. The van der Waals surface area contributed by atoms with Crippen LogP contribution in [0.1, 0.15) is 11.9 Å². The Balaban J connectivity index is 1.74. The minimum atomic E-state index is -0.921. The van der Waals surface area contributed by atoms with Crippen LogP contribution in [0.5, 0.6) is 0 Å². The van der Waals surface area contributed by atoms with Crippen molar-refractivity contribution in [3.63, 3.8) is 0 Å². The van der Waals surface area contributed by atoms with E-state index in [4.69, 9.17) is 24.7 Å². The van der Waals surface area contributed by atoms with Crippen LogP contribution in [0.4, 0.5) is 0 Å². The topological polar surface area (TPSA) is 83.2 Å². The molecular weight excluding hydrogens is 262 g/mol. The van der Waals surface area contributed by atoms with Crippen LogP contribution < -0.4 is 5.73 Å². The maximum atomic E-state index is 10.0. The highest BCUT2D eigenvalue weighted by atomic mass is 16.7. The van der Waals surface area contributed by atoms with Crippen LogP contribution in [0.2, 0.25) is 0 Å². The molecule has 2 aliphatic rings. The lowest BCUT2D eigenvalue weighted by atomic mass is 9.96. The molecule has 1 aromatic rings. The molecule has 0 amide bonds. The maximum absolute atomic E-state index is 10.0. The highest BCUT2D eigenvalue weighted by molar-refractivity contribution is 5.16. The smallest absolute Gasteiger partial charge is 0.185 e. The molecule has 110 valence electrons. The van der Waals surface area contributed by atoms with Gasteiger partial charge in [-0.25, -0.2) is 0 Å². The monoisotopic (exact) mass is 281 g/mol. The fourth-order valence-corrected chi connectivity index (χ4v) is 2.61. The number of fused-ring (bicyclic) bond motifs is 1. The van der Waals surface area contributed by atoms with Gasteiger partial charge in [0.1, 0.15) is 18.3 Å². The quantitative estimate of drug-likeness (QED) is 0.803. The molecule has 0 spiro atoms. The molecule has 1 aromatic carbocycles. The highest BCUT2D eigenvalue weighted by Crippen LogP contribution is 2.33. The molecule has 6 heteroatoms. The Kier molecular flexibility index (Phi) is 4.02. The molecule has 6 atom stereocenters. The summed E-state index contributed by atoms with van der Waals surface area (Å²) in [5.74, 6) is 0. The number of rotatable bonds is 2. The second-order valence-corrected chi connectivity index (χ2v) is 5.02. The Morgan fingerprint density at radius 2 is 2.00 bits per heavy atom. The van der Waals surface area contributed by atoms with Crippen molar-refractivity contribution in [1.29, 1.82) is 0 Å². The van der Waals surface area contributed by atoms with E-state index in [1.54, 1.807) is 0 Å². The molecular formula is C14H19NO5. The minimum absolute atomic E-state index is 0.335. The van der Waals surface area contributed by atoms with Crippen molar-refractivity contribution in [3.05, 3.63) is 35.9 Å². The summed E-state index contributed by atoms with van der Waals surface area (Å²) < 4.78 is 22.2. The molecule has 0 aliphatic carbocycles. The van der Waals surface area contributed by atoms with Gasteiger partial charge in [0.05, 0.1) is 12.6 Å². The van der Waals surface area contributed by atoms with Gasteiger partial charge < -0.3 is 29.8 Å². The van der Waals surface area contributed by atoms with Gasteiger partial charge in [-0.2, -0.15) is 0 Å². The lowest BCUT2D eigenvalue weighted by Crippen LogP contribution is -2.65. The molecule has 0 bridgehead atoms. The standard InChI is InChI=1S/C14H19NO5/c1-17-14-11(16)10(15)12-9(19-14)7-18-13(20-12)8-5-3-2-4-6-8/h2-6,9-14,16H,7,15H2,1H3/t9-,10-,11+,12-,13-,14-/m0/s1. The van der Waals surface area contributed by atoms with E-state index in [2.05, 4.69) is 0 Å². The van der Waals surface area contributed by atoms with Crippen molar-refractivity contribution in [3.8, 4) is 0 Å². The third-order valence-electron chi connectivity index (χ3n) is 3.72. The zero-order valence-electron chi connectivity index (χ0n) is 11.2. The van der Waals surface area contributed by atoms with Crippen LogP contribution in [-0.4, -0.2) is 49.5 Å². The Bertz CT molecular complexity index is 440. The van der Waals surface area contributed by atoms with Crippen LogP contribution >= 0.6 is 0 Å². The number of aliphatic hydroxyl groups is 1. The van der Waals surface area contributed by atoms with E-state index in [1.807, 2.05) is 30.3 Å². The first kappa shape index (κ1) is 13.9. The van der Waals surface area contributed by atoms with Crippen molar-refractivity contribution in [2.45, 2.75) is 36.9 Å². The van der Waals surface area contributed by atoms with Gasteiger partial charge in [-0.1, -0.05) is 30.3 Å². The van der Waals surface area contributed by atoms with Gasteiger partial charge in [0.15, 0.2) is 12.6 Å². The van der Waals surface area contributed by atoms with Crippen molar-refractivity contribution >= 4 is 0 Å². The van der Waals surface area contributed by atoms with E-state index in [-0.39, 0.29) is 6.10 Å². The molecule has 0 unspecified atom stereocenters. The van der Waals surface area contributed by atoms with Gasteiger partial charge in [-0.05, 0) is 0 Å². The van der Waals surface area contributed by atoms with Crippen molar-refractivity contribution < 1.29 is 24.1 Å². The second-order valence-electron chi connectivity index (χ2n) is 5.02. The summed E-state index contributed by atoms with van der Waals surface area (Å²) in [6.45, 7) is 0.352. The average Bonchev–Trinajstić information content (AvgIpc) is 2.51. The summed E-state index contributed by atoms with van der Waals surface area (Å²) >= 11 is 0. The second kappa shape index (κ2) is 5.77. The summed E-state index contributed by atoms with van der Waals surface area (Å²) in [5.41, 5.74) is 6.97. The molecule has 2 fully saturated rings. The molecule has 0 radical (unpaired) electrons. The van der Waals surface area contributed by atoms with Gasteiger partial charge in [-0.15, -0.1) is 0 Å². The van der Waals surface area contributed by atoms with Crippen LogP contribution in [0.15, 0.2) is 30.3 Å². The molecule has 20 heavy (non-hydrogen) atoms. The Morgan fingerprint density at radius 3 is 2.70 bits per heavy atom. The van der Waals surface area contributed by atoms with E-state index in [9.17, 15) is 5.11 Å². The maximum Gasteiger partial charge on any atom is 0.185 e. The molecule has 0 saturated carbocycles. The molecule has 2 saturated heterocycles. The van der Waals surface area contributed by atoms with Gasteiger partial charge in [-0.3, -0.25) is 0 Å². The van der Waals surface area contributed by atoms with Crippen molar-refractivity contribution in [2.75, 3.05) is 13.7 Å². The number of hydrogen-bond donors (Lipinski definition) is 2. The number of ether oxygens (including phenoxy) is 4. The van der Waals surface area contributed by atoms with E-state index >= 15 is 0 Å². The Labute approximate surface area is 117 Å². The largest absolute Gasteiger partial charge is 0.386 e. The molecule has 6 nitrogen and oxygen atoms in total. The third-order valence-corrected chi connectivity index (χ3v) is 3.72. The predicted molar refractivity (Wildman–Crippen MR) is 69.7 cm³/mol. The molecule has 3 rings (SSSR count). The van der Waals surface area contributed by atoms with Crippen molar-refractivity contribution in [2.24, 2.45) is 5.73 Å². The lowest BCUT2D eigenvalue weighted by Gasteiger charge is -2.46. The van der Waals surface area contributed by atoms with Crippen LogP contribution in [-0.2, 0) is 18.9 Å². The number of benzene rings is 1. The summed E-state index contributed by atoms with van der Waals surface area (Å²) in [5, 5.41) is 10.0. The molecule has 3 N–H and O–H groups in total. The van der Waals surface area contributed by atoms with Gasteiger partial charge in [0.25, 0.3) is 0 Å². The number of hydrogen-bond acceptors (Lipinski definition) is 6. The fraction of sp³-hybridized carbons (Fsp3) is 0.571. The van der Waals surface area contributed by atoms with Crippen molar-refractivity contribution in [1.82, 2.24) is 0 Å². The van der Waals surface area contributed by atoms with E-state index in [1.165, 1.54) is 7.11 Å². The van der Waals surface area contributed by atoms with Gasteiger partial charge in [0, 0.05) is 12.7 Å². The van der Waals surface area contributed by atoms with Crippen LogP contribution in [0.25, 0.3) is 0 Å². The van der Waals surface area contributed by atoms with Crippen LogP contribution in [0.3, 0.4) is 0 Å². The van der Waals surface area contributed by atoms with E-state index in [0.717, 1.165) is 5.56 Å². The molecule has 0 aromatic heterocycles. The first-order valence-electron chi connectivity index (χ1n) is 6.64. The lowest BCUT2D eigenvalue weighted by molar-refractivity contribution is -0.338. The summed E-state index contributed by atoms with van der Waals surface area (Å²) in [7, 11) is 1.47. The third kappa shape index (κ3) is 2.46. The molecule has 2 heterocycles. The summed E-state index contributed by atoms with van der Waals surface area (Å²) in [4.78, 5) is 0. The highest BCUT2D eigenvalue weighted by Gasteiger charge is 2.48. The fourth-order valence-electron chi connectivity index (χ4n) is 2.61. The zero-order chi connectivity index (χ0) is 14.1. The molecule has 2 aliphatic heterocycles. The number of methoxy groups -OCH3 is 1. The first-order chi connectivity index (χ1) is 9.70. The summed E-state index contributed by atoms with van der Waals surface area (Å²) in [6.07, 6.45) is -2.91. The first-order valence-corrected chi connectivity index (χ1v) is 6.64. The average molecular weight is 281 g/mol. The van der Waals surface area contributed by atoms with Gasteiger partial charge in [0.2, 0.25) is 0 Å². The van der Waals surface area contributed by atoms with Gasteiger partial charge >= 0.3 is 0 Å². The summed E-state index contributed by atoms with van der Waals surface area (Å²) in [6, 6.07) is 9.04. The normalized spacial score (nSPS) is 41.1. The number of nitrogens with two attached hydrogens (primary N) is 1. The Hall–Kier alpha value is -1.02. The predicted octanol–water partition coefficient (Wildman–Crippen LogP) is 0.160. The zero-order valence-corrected chi connectivity index (χ0v) is 11.2. The van der Waals surface area contributed by atoms with E-state index < -0.39 is 30.8 Å². The minimum Gasteiger partial charge on any atom is -0.386 e. The number of aliphatic hydroxyl groups excluding tert-OH is 1. The van der Waals surface area contributed by atoms with E-state index in [0.29, 0.717) is 6.61 Å². The SMILES string of the molecule is CO[C@H]1O[C@H]2CO[C@H](c3ccccc3)O[C@@H]2[C@@H](N)[C@H]1O. The van der Waals surface area contributed by atoms with Crippen LogP contribution in [0, 0.1) is 0 Å².